The van der Waals surface area contributed by atoms with Crippen molar-refractivity contribution in [2.75, 3.05) is 45.2 Å². The average molecular weight is 479 g/mol. The number of carbonyl (C=O) groups is 1. The second-order valence-electron chi connectivity index (χ2n) is 7.13. The number of hydrogen-bond donors (Lipinski definition) is 1. The second-order valence-corrected chi connectivity index (χ2v) is 8.33. The fourth-order valence-corrected chi connectivity index (χ4v) is 4.37. The van der Waals surface area contributed by atoms with Gasteiger partial charge in [0.1, 0.15) is 22.8 Å². The first-order valence-corrected chi connectivity index (χ1v) is 10.4. The summed E-state index contributed by atoms with van der Waals surface area (Å²) in [6.45, 7) is 2.57. The molecule has 1 aliphatic rings. The molecule has 1 saturated heterocycles. The molecule has 0 radical (unpaired) electrons. The Kier molecular flexibility index (Phi) is 5.71. The van der Waals surface area contributed by atoms with Crippen LogP contribution in [-0.4, -0.2) is 76.1 Å². The van der Waals surface area contributed by atoms with Crippen LogP contribution < -0.4 is 4.90 Å². The normalized spacial score (nSPS) is 15.9. The Labute approximate surface area is 182 Å². The Morgan fingerprint density at radius 2 is 1.93 bits per heavy atom. The lowest BCUT2D eigenvalue weighted by atomic mass is 10.0. The summed E-state index contributed by atoms with van der Waals surface area (Å²) in [6, 6.07) is 7.10. The molecule has 1 atom stereocenters. The molecule has 1 fully saturated rings. The summed E-state index contributed by atoms with van der Waals surface area (Å²) in [5, 5.41) is 8.52. The molecule has 1 aromatic carbocycles. The summed E-state index contributed by atoms with van der Waals surface area (Å²) >= 11 is 9.86. The lowest BCUT2D eigenvalue weighted by Crippen LogP contribution is -2.51. The third-order valence-corrected chi connectivity index (χ3v) is 6.05. The lowest BCUT2D eigenvalue weighted by Gasteiger charge is -2.38. The molecule has 3 heterocycles. The number of amides is 1. The minimum atomic E-state index is -0.413. The molecule has 1 amide bonds. The number of piperazine rings is 1. The first-order valence-electron chi connectivity index (χ1n) is 9.26. The molecular weight excluding hydrogens is 458 g/mol. The van der Waals surface area contributed by atoms with Gasteiger partial charge >= 0.3 is 0 Å². The molecular formula is C19H21BrClN7O. The molecule has 1 aliphatic heterocycles. The SMILES string of the molecule is CN(C)C(C(=O)N1CCN(c2ncnc3n[nH]c(Br)c23)CC1)c1ccccc1Cl. The van der Waals surface area contributed by atoms with Crippen LogP contribution in [0.15, 0.2) is 35.2 Å². The number of rotatable bonds is 4. The Bertz CT molecular complexity index is 1030. The van der Waals surface area contributed by atoms with Crippen molar-refractivity contribution in [2.45, 2.75) is 6.04 Å². The predicted molar refractivity (Wildman–Crippen MR) is 116 cm³/mol. The zero-order chi connectivity index (χ0) is 20.5. The first-order chi connectivity index (χ1) is 14.0. The topological polar surface area (TPSA) is 81.2 Å². The molecule has 4 rings (SSSR count). The van der Waals surface area contributed by atoms with Gasteiger partial charge in [-0.15, -0.1) is 0 Å². The van der Waals surface area contributed by atoms with E-state index in [1.54, 1.807) is 0 Å². The van der Waals surface area contributed by atoms with Crippen LogP contribution in [0.25, 0.3) is 11.0 Å². The zero-order valence-electron chi connectivity index (χ0n) is 16.1. The van der Waals surface area contributed by atoms with Gasteiger partial charge < -0.3 is 9.80 Å². The summed E-state index contributed by atoms with van der Waals surface area (Å²) in [6.07, 6.45) is 1.52. The van der Waals surface area contributed by atoms with Crippen molar-refractivity contribution < 1.29 is 4.79 Å². The van der Waals surface area contributed by atoms with Gasteiger partial charge in [-0.2, -0.15) is 5.10 Å². The third kappa shape index (κ3) is 3.82. The van der Waals surface area contributed by atoms with Gasteiger partial charge in [0.15, 0.2) is 5.65 Å². The quantitative estimate of drug-likeness (QED) is 0.621. The van der Waals surface area contributed by atoms with Gasteiger partial charge in [0.05, 0.1) is 5.39 Å². The second kappa shape index (κ2) is 8.25. The van der Waals surface area contributed by atoms with Gasteiger partial charge in [0.25, 0.3) is 0 Å². The number of aromatic nitrogens is 4. The van der Waals surface area contributed by atoms with E-state index < -0.39 is 6.04 Å². The van der Waals surface area contributed by atoms with Crippen molar-refractivity contribution in [3.8, 4) is 0 Å². The summed E-state index contributed by atoms with van der Waals surface area (Å²) in [5.41, 5.74) is 1.44. The highest BCUT2D eigenvalue weighted by atomic mass is 79.9. The number of anilines is 1. The Morgan fingerprint density at radius 1 is 1.21 bits per heavy atom. The number of H-pyrrole nitrogens is 1. The number of hydrogen-bond acceptors (Lipinski definition) is 6. The van der Waals surface area contributed by atoms with Crippen molar-refractivity contribution >= 4 is 50.3 Å². The summed E-state index contributed by atoms with van der Waals surface area (Å²) in [5.74, 6) is 0.873. The molecule has 1 N–H and O–H groups in total. The highest BCUT2D eigenvalue weighted by Crippen LogP contribution is 2.30. The zero-order valence-corrected chi connectivity index (χ0v) is 18.5. The number of nitrogens with one attached hydrogen (secondary N) is 1. The van der Waals surface area contributed by atoms with Gasteiger partial charge in [-0.1, -0.05) is 29.8 Å². The van der Waals surface area contributed by atoms with E-state index in [0.29, 0.717) is 36.8 Å². The standard InChI is InChI=1S/C19H21BrClN7O/c1-26(2)15(12-5-3-4-6-13(12)21)19(29)28-9-7-27(8-10-28)18-14-16(20)24-25-17(14)22-11-23-18/h3-6,11,15H,7-10H2,1-2H3,(H,22,23,24,25). The fourth-order valence-electron chi connectivity index (χ4n) is 3.69. The number of halogens is 2. The van der Waals surface area contributed by atoms with Crippen LogP contribution in [0.5, 0.6) is 0 Å². The van der Waals surface area contributed by atoms with Gasteiger partial charge in [0.2, 0.25) is 5.91 Å². The van der Waals surface area contributed by atoms with E-state index in [2.05, 4.69) is 41.0 Å². The van der Waals surface area contributed by atoms with E-state index in [0.717, 1.165) is 21.4 Å². The molecule has 8 nitrogen and oxygen atoms in total. The smallest absolute Gasteiger partial charge is 0.244 e. The Morgan fingerprint density at radius 3 is 2.62 bits per heavy atom. The van der Waals surface area contributed by atoms with Crippen LogP contribution in [0, 0.1) is 0 Å². The summed E-state index contributed by atoms with van der Waals surface area (Å²) in [4.78, 5) is 27.9. The fraction of sp³-hybridized carbons (Fsp3) is 0.368. The third-order valence-electron chi connectivity index (χ3n) is 5.13. The van der Waals surface area contributed by atoms with Gasteiger partial charge in [-0.3, -0.25) is 14.8 Å². The number of nitrogens with zero attached hydrogens (tertiary/aromatic N) is 6. The average Bonchev–Trinajstić information content (AvgIpc) is 3.11. The van der Waals surface area contributed by atoms with Crippen molar-refractivity contribution in [3.63, 3.8) is 0 Å². The summed E-state index contributed by atoms with van der Waals surface area (Å²) in [7, 11) is 3.80. The van der Waals surface area contributed by atoms with Crippen molar-refractivity contribution in [1.82, 2.24) is 30.0 Å². The molecule has 29 heavy (non-hydrogen) atoms. The first kappa shape index (κ1) is 20.1. The molecule has 0 spiro atoms. The Hall–Kier alpha value is -2.23. The lowest BCUT2D eigenvalue weighted by molar-refractivity contribution is -0.136. The molecule has 2 aromatic heterocycles. The largest absolute Gasteiger partial charge is 0.352 e. The van der Waals surface area contributed by atoms with Gasteiger partial charge in [0, 0.05) is 31.2 Å². The van der Waals surface area contributed by atoms with Crippen molar-refractivity contribution in [3.05, 3.63) is 45.8 Å². The summed E-state index contributed by atoms with van der Waals surface area (Å²) < 4.78 is 0.757. The van der Waals surface area contributed by atoms with E-state index in [9.17, 15) is 4.79 Å². The van der Waals surface area contributed by atoms with E-state index in [1.807, 2.05) is 48.2 Å². The number of carbonyl (C=O) groups excluding carboxylic acids is 1. The van der Waals surface area contributed by atoms with Gasteiger partial charge in [-0.25, -0.2) is 9.97 Å². The molecule has 152 valence electrons. The number of aromatic amines is 1. The molecule has 10 heteroatoms. The van der Waals surface area contributed by atoms with E-state index in [4.69, 9.17) is 11.6 Å². The Balaban J connectivity index is 1.52. The maximum absolute atomic E-state index is 13.3. The monoisotopic (exact) mass is 477 g/mol. The maximum atomic E-state index is 13.3. The van der Waals surface area contributed by atoms with Crippen LogP contribution >= 0.6 is 27.5 Å². The van der Waals surface area contributed by atoms with Crippen LogP contribution in [0.4, 0.5) is 5.82 Å². The molecule has 0 saturated carbocycles. The number of benzene rings is 1. The molecule has 3 aromatic rings. The van der Waals surface area contributed by atoms with Crippen molar-refractivity contribution in [2.24, 2.45) is 0 Å². The van der Waals surface area contributed by atoms with E-state index in [-0.39, 0.29) is 5.91 Å². The van der Waals surface area contributed by atoms with Gasteiger partial charge in [-0.05, 0) is 41.7 Å². The van der Waals surface area contributed by atoms with Crippen LogP contribution in [-0.2, 0) is 4.79 Å². The van der Waals surface area contributed by atoms with Crippen LogP contribution in [0.2, 0.25) is 5.02 Å². The molecule has 1 unspecified atom stereocenters. The minimum absolute atomic E-state index is 0.0556. The highest BCUT2D eigenvalue weighted by Gasteiger charge is 2.32. The maximum Gasteiger partial charge on any atom is 0.244 e. The highest BCUT2D eigenvalue weighted by molar-refractivity contribution is 9.10. The predicted octanol–water partition coefficient (Wildman–Crippen LogP) is 2.72. The van der Waals surface area contributed by atoms with Crippen LogP contribution in [0.3, 0.4) is 0 Å². The molecule has 0 aliphatic carbocycles. The molecule has 0 bridgehead atoms. The number of likely N-dealkylation sites (N-methyl/N-ethyl adjacent to an activating group) is 1. The van der Waals surface area contributed by atoms with E-state index >= 15 is 0 Å². The van der Waals surface area contributed by atoms with E-state index in [1.165, 1.54) is 6.33 Å². The number of fused-ring (bicyclic) bond motifs is 1. The van der Waals surface area contributed by atoms with Crippen molar-refractivity contribution in [1.29, 1.82) is 0 Å². The minimum Gasteiger partial charge on any atom is -0.352 e. The van der Waals surface area contributed by atoms with Crippen LogP contribution in [0.1, 0.15) is 11.6 Å².